The van der Waals surface area contributed by atoms with Gasteiger partial charge in [-0.05, 0) is 53.1 Å². The second-order valence-electron chi connectivity index (χ2n) is 5.51. The lowest BCUT2D eigenvalue weighted by molar-refractivity contribution is 0.0571. The van der Waals surface area contributed by atoms with E-state index in [9.17, 15) is 5.11 Å². The monoisotopic (exact) mass is 313 g/mol. The third-order valence-corrected chi connectivity index (χ3v) is 4.30. The number of aromatic nitrogens is 2. The van der Waals surface area contributed by atoms with E-state index < -0.39 is 5.60 Å². The van der Waals surface area contributed by atoms with Gasteiger partial charge < -0.3 is 10.4 Å². The number of thiophene rings is 1. The molecule has 2 N–H and O–H groups in total. The standard InChI is InChI=1S/C17H19N3OS/c1-17(21,15-6-9-22-12-15)13-18-11-14-4-2-5-16(10-14)20-8-3-7-19-20/h2-10,12,18,21H,11,13H2,1H3. The van der Waals surface area contributed by atoms with Crippen molar-refractivity contribution in [3.63, 3.8) is 0 Å². The van der Waals surface area contributed by atoms with Gasteiger partial charge in [0.15, 0.2) is 0 Å². The first kappa shape index (κ1) is 15.0. The van der Waals surface area contributed by atoms with Crippen molar-refractivity contribution in [2.75, 3.05) is 6.54 Å². The van der Waals surface area contributed by atoms with E-state index in [1.54, 1.807) is 17.5 Å². The van der Waals surface area contributed by atoms with Crippen LogP contribution >= 0.6 is 11.3 Å². The molecule has 114 valence electrons. The smallest absolute Gasteiger partial charge is 0.1000 e. The van der Waals surface area contributed by atoms with E-state index in [2.05, 4.69) is 22.5 Å². The highest BCUT2D eigenvalue weighted by molar-refractivity contribution is 7.08. The lowest BCUT2D eigenvalue weighted by Gasteiger charge is -2.23. The van der Waals surface area contributed by atoms with E-state index >= 15 is 0 Å². The van der Waals surface area contributed by atoms with Crippen molar-refractivity contribution in [3.8, 4) is 5.69 Å². The average Bonchev–Trinajstić information content (AvgIpc) is 3.21. The molecule has 0 aliphatic heterocycles. The molecule has 0 aliphatic carbocycles. The van der Waals surface area contributed by atoms with Crippen LogP contribution in [0.15, 0.2) is 59.6 Å². The summed E-state index contributed by atoms with van der Waals surface area (Å²) >= 11 is 1.60. The van der Waals surface area contributed by atoms with Crippen LogP contribution in [0.3, 0.4) is 0 Å². The maximum absolute atomic E-state index is 10.5. The molecule has 0 saturated carbocycles. The normalized spacial score (nSPS) is 13.9. The molecule has 22 heavy (non-hydrogen) atoms. The van der Waals surface area contributed by atoms with Crippen LogP contribution in [0, 0.1) is 0 Å². The Morgan fingerprint density at radius 1 is 1.32 bits per heavy atom. The first-order chi connectivity index (χ1) is 10.6. The molecule has 0 bridgehead atoms. The summed E-state index contributed by atoms with van der Waals surface area (Å²) in [6.45, 7) is 3.05. The van der Waals surface area contributed by atoms with Crippen molar-refractivity contribution in [1.82, 2.24) is 15.1 Å². The summed E-state index contributed by atoms with van der Waals surface area (Å²) < 4.78 is 1.84. The molecule has 4 nitrogen and oxygen atoms in total. The Bertz CT molecular complexity index is 705. The summed E-state index contributed by atoms with van der Waals surface area (Å²) in [5, 5.41) is 22.0. The summed E-state index contributed by atoms with van der Waals surface area (Å²) in [6, 6.07) is 12.1. The van der Waals surface area contributed by atoms with E-state index in [1.807, 2.05) is 52.8 Å². The molecule has 0 amide bonds. The number of nitrogens with one attached hydrogen (secondary N) is 1. The molecule has 1 unspecified atom stereocenters. The molecule has 3 aromatic rings. The maximum atomic E-state index is 10.5. The van der Waals surface area contributed by atoms with E-state index in [4.69, 9.17) is 0 Å². The Hall–Kier alpha value is -1.95. The Balaban J connectivity index is 1.61. The molecule has 0 saturated heterocycles. The number of benzene rings is 1. The molecule has 5 heteroatoms. The molecule has 1 aromatic carbocycles. The highest BCUT2D eigenvalue weighted by Crippen LogP contribution is 2.22. The van der Waals surface area contributed by atoms with Crippen molar-refractivity contribution in [2.24, 2.45) is 0 Å². The zero-order valence-electron chi connectivity index (χ0n) is 12.4. The number of hydrogen-bond acceptors (Lipinski definition) is 4. The zero-order chi connectivity index (χ0) is 15.4. The van der Waals surface area contributed by atoms with E-state index in [0.29, 0.717) is 13.1 Å². The summed E-state index contributed by atoms with van der Waals surface area (Å²) in [5.74, 6) is 0. The minimum Gasteiger partial charge on any atom is -0.384 e. The largest absolute Gasteiger partial charge is 0.384 e. The lowest BCUT2D eigenvalue weighted by atomic mass is 9.99. The fourth-order valence-corrected chi connectivity index (χ4v) is 3.14. The molecule has 3 rings (SSSR count). The molecule has 0 aliphatic rings. The van der Waals surface area contributed by atoms with Crippen LogP contribution in [0.2, 0.25) is 0 Å². The van der Waals surface area contributed by atoms with Crippen LogP contribution < -0.4 is 5.32 Å². The van der Waals surface area contributed by atoms with Crippen LogP contribution in [0.5, 0.6) is 0 Å². The Kier molecular flexibility index (Phi) is 4.38. The van der Waals surface area contributed by atoms with Gasteiger partial charge in [0, 0.05) is 25.5 Å². The molecule has 0 radical (unpaired) electrons. The van der Waals surface area contributed by atoms with Gasteiger partial charge in [-0.25, -0.2) is 4.68 Å². The van der Waals surface area contributed by atoms with Crippen LogP contribution in [0.1, 0.15) is 18.1 Å². The number of aliphatic hydroxyl groups is 1. The third-order valence-electron chi connectivity index (χ3n) is 3.62. The predicted octanol–water partition coefficient (Wildman–Crippen LogP) is 2.93. The predicted molar refractivity (Wildman–Crippen MR) is 89.2 cm³/mol. The van der Waals surface area contributed by atoms with Crippen LogP contribution in [-0.4, -0.2) is 21.4 Å². The molecule has 2 aromatic heterocycles. The minimum absolute atomic E-state index is 0.510. The quantitative estimate of drug-likeness (QED) is 0.735. The van der Waals surface area contributed by atoms with Crippen LogP contribution in [0.25, 0.3) is 5.69 Å². The molecule has 1 atom stereocenters. The van der Waals surface area contributed by atoms with Gasteiger partial charge in [-0.2, -0.15) is 16.4 Å². The van der Waals surface area contributed by atoms with Gasteiger partial charge in [0.1, 0.15) is 0 Å². The first-order valence-corrected chi connectivity index (χ1v) is 8.14. The second-order valence-corrected chi connectivity index (χ2v) is 6.29. The highest BCUT2D eigenvalue weighted by Gasteiger charge is 2.22. The lowest BCUT2D eigenvalue weighted by Crippen LogP contribution is -2.34. The van der Waals surface area contributed by atoms with Crippen molar-refractivity contribution in [2.45, 2.75) is 19.1 Å². The molecule has 2 heterocycles. The maximum Gasteiger partial charge on any atom is 0.1000 e. The topological polar surface area (TPSA) is 50.1 Å². The van der Waals surface area contributed by atoms with Crippen molar-refractivity contribution >= 4 is 11.3 Å². The van der Waals surface area contributed by atoms with Gasteiger partial charge in [0.2, 0.25) is 0 Å². The Morgan fingerprint density at radius 3 is 2.95 bits per heavy atom. The van der Waals surface area contributed by atoms with Crippen molar-refractivity contribution in [1.29, 1.82) is 0 Å². The number of nitrogens with zero attached hydrogens (tertiary/aromatic N) is 2. The van der Waals surface area contributed by atoms with Gasteiger partial charge in [-0.1, -0.05) is 12.1 Å². The highest BCUT2D eigenvalue weighted by atomic mass is 32.1. The first-order valence-electron chi connectivity index (χ1n) is 7.20. The summed E-state index contributed by atoms with van der Waals surface area (Å²) in [4.78, 5) is 0. The second kappa shape index (κ2) is 6.44. The van der Waals surface area contributed by atoms with Gasteiger partial charge in [-0.15, -0.1) is 0 Å². The summed E-state index contributed by atoms with van der Waals surface area (Å²) in [7, 11) is 0. The van der Waals surface area contributed by atoms with Crippen molar-refractivity contribution in [3.05, 3.63) is 70.7 Å². The average molecular weight is 313 g/mol. The van der Waals surface area contributed by atoms with Gasteiger partial charge in [0.25, 0.3) is 0 Å². The number of rotatable bonds is 6. The van der Waals surface area contributed by atoms with Gasteiger partial charge in [0.05, 0.1) is 11.3 Å². The van der Waals surface area contributed by atoms with E-state index in [1.165, 1.54) is 0 Å². The van der Waals surface area contributed by atoms with Crippen molar-refractivity contribution < 1.29 is 5.11 Å². The SMILES string of the molecule is CC(O)(CNCc1cccc(-n2cccn2)c1)c1ccsc1. The van der Waals surface area contributed by atoms with Crippen LogP contribution in [0.4, 0.5) is 0 Å². The van der Waals surface area contributed by atoms with E-state index in [-0.39, 0.29) is 0 Å². The summed E-state index contributed by atoms with van der Waals surface area (Å²) in [6.07, 6.45) is 3.69. The Morgan fingerprint density at radius 2 is 2.23 bits per heavy atom. The van der Waals surface area contributed by atoms with Gasteiger partial charge in [-0.3, -0.25) is 0 Å². The number of hydrogen-bond donors (Lipinski definition) is 2. The fraction of sp³-hybridized carbons (Fsp3) is 0.235. The Labute approximate surface area is 134 Å². The molecule has 0 fully saturated rings. The minimum atomic E-state index is -0.848. The molecule has 0 spiro atoms. The fourth-order valence-electron chi connectivity index (χ4n) is 2.35. The third kappa shape index (κ3) is 3.44. The van der Waals surface area contributed by atoms with Gasteiger partial charge >= 0.3 is 0 Å². The van der Waals surface area contributed by atoms with Crippen LogP contribution in [-0.2, 0) is 12.1 Å². The molecular formula is C17H19N3OS. The summed E-state index contributed by atoms with van der Waals surface area (Å²) in [5.41, 5.74) is 2.30. The molecular weight excluding hydrogens is 294 g/mol. The van der Waals surface area contributed by atoms with E-state index in [0.717, 1.165) is 16.8 Å². The zero-order valence-corrected chi connectivity index (χ0v) is 13.3.